The molecule has 1 saturated carbocycles. The zero-order valence-electron chi connectivity index (χ0n) is 12.1. The van der Waals surface area contributed by atoms with Crippen LogP contribution in [0.5, 0.6) is 0 Å². The Kier molecular flexibility index (Phi) is 3.59. The van der Waals surface area contributed by atoms with Crippen LogP contribution in [0.25, 0.3) is 0 Å². The van der Waals surface area contributed by atoms with E-state index in [1.165, 1.54) is 37.9 Å². The van der Waals surface area contributed by atoms with Gasteiger partial charge in [-0.2, -0.15) is 0 Å². The van der Waals surface area contributed by atoms with Crippen LogP contribution in [0, 0.1) is 0 Å². The van der Waals surface area contributed by atoms with E-state index in [2.05, 4.69) is 41.2 Å². The van der Waals surface area contributed by atoms with Gasteiger partial charge in [-0.25, -0.2) is 0 Å². The van der Waals surface area contributed by atoms with Gasteiger partial charge >= 0.3 is 0 Å². The molecule has 2 aliphatic rings. The molecule has 0 amide bonds. The van der Waals surface area contributed by atoms with Crippen LogP contribution in [0.1, 0.15) is 51.3 Å². The molecule has 3 rings (SSSR count). The highest BCUT2D eigenvalue weighted by molar-refractivity contribution is 5.11. The average Bonchev–Trinajstić information content (AvgIpc) is 2.90. The van der Waals surface area contributed by atoms with Crippen molar-refractivity contribution in [2.45, 2.75) is 57.2 Å². The molecule has 1 aliphatic carbocycles. The van der Waals surface area contributed by atoms with Gasteiger partial charge in [0.15, 0.2) is 0 Å². The van der Waals surface area contributed by atoms with Crippen molar-refractivity contribution in [1.82, 2.24) is 15.2 Å². The Morgan fingerprint density at radius 2 is 2.16 bits per heavy atom. The molecule has 3 heteroatoms. The summed E-state index contributed by atoms with van der Waals surface area (Å²) in [5, 5.41) is 3.82. The lowest BCUT2D eigenvalue weighted by Crippen LogP contribution is -2.62. The maximum atomic E-state index is 4.54. The zero-order valence-corrected chi connectivity index (χ0v) is 12.1. The SMILES string of the molecule is CC1CNC2(CCCC2)CN1C(C)c1ccccn1. The van der Waals surface area contributed by atoms with Crippen LogP contribution in [0.4, 0.5) is 0 Å². The quantitative estimate of drug-likeness (QED) is 0.885. The summed E-state index contributed by atoms with van der Waals surface area (Å²) < 4.78 is 0. The molecule has 1 aliphatic heterocycles. The summed E-state index contributed by atoms with van der Waals surface area (Å²) in [5.74, 6) is 0. The molecule has 1 N–H and O–H groups in total. The predicted octanol–water partition coefficient (Wildman–Crippen LogP) is 2.75. The van der Waals surface area contributed by atoms with E-state index >= 15 is 0 Å². The fourth-order valence-electron chi connectivity index (χ4n) is 3.74. The van der Waals surface area contributed by atoms with Gasteiger partial charge in [-0.05, 0) is 38.8 Å². The molecule has 104 valence electrons. The summed E-state index contributed by atoms with van der Waals surface area (Å²) >= 11 is 0. The van der Waals surface area contributed by atoms with Crippen molar-refractivity contribution in [1.29, 1.82) is 0 Å². The first kappa shape index (κ1) is 13.1. The van der Waals surface area contributed by atoms with Gasteiger partial charge in [-0.3, -0.25) is 9.88 Å². The maximum Gasteiger partial charge on any atom is 0.0572 e. The molecule has 1 aromatic rings. The fraction of sp³-hybridized carbons (Fsp3) is 0.688. The van der Waals surface area contributed by atoms with Crippen molar-refractivity contribution in [2.24, 2.45) is 0 Å². The van der Waals surface area contributed by atoms with Crippen LogP contribution < -0.4 is 5.32 Å². The summed E-state index contributed by atoms with van der Waals surface area (Å²) in [6.07, 6.45) is 7.35. The minimum absolute atomic E-state index is 0.384. The second-order valence-corrected chi connectivity index (χ2v) is 6.32. The van der Waals surface area contributed by atoms with Gasteiger partial charge in [0.1, 0.15) is 0 Å². The number of nitrogens with one attached hydrogen (secondary N) is 1. The van der Waals surface area contributed by atoms with E-state index in [9.17, 15) is 0 Å². The van der Waals surface area contributed by atoms with Crippen LogP contribution in [0.3, 0.4) is 0 Å². The van der Waals surface area contributed by atoms with Crippen LogP contribution in [0.2, 0.25) is 0 Å². The lowest BCUT2D eigenvalue weighted by molar-refractivity contribution is 0.0549. The molecule has 0 bridgehead atoms. The van der Waals surface area contributed by atoms with Crippen molar-refractivity contribution in [3.05, 3.63) is 30.1 Å². The highest BCUT2D eigenvalue weighted by Crippen LogP contribution is 2.35. The Morgan fingerprint density at radius 3 is 2.84 bits per heavy atom. The standard InChI is InChI=1S/C16H25N3/c1-13-11-18-16(8-4-5-9-16)12-19(13)14(2)15-7-3-6-10-17-15/h3,6-7,10,13-14,18H,4-5,8-9,11-12H2,1-2H3. The smallest absolute Gasteiger partial charge is 0.0572 e. The highest BCUT2D eigenvalue weighted by atomic mass is 15.3. The largest absolute Gasteiger partial charge is 0.308 e. The number of aromatic nitrogens is 1. The first-order chi connectivity index (χ1) is 9.20. The van der Waals surface area contributed by atoms with Crippen molar-refractivity contribution < 1.29 is 0 Å². The van der Waals surface area contributed by atoms with Crippen molar-refractivity contribution in [2.75, 3.05) is 13.1 Å². The van der Waals surface area contributed by atoms with E-state index in [0.29, 0.717) is 17.6 Å². The lowest BCUT2D eigenvalue weighted by atomic mass is 9.91. The van der Waals surface area contributed by atoms with Gasteiger partial charge in [0, 0.05) is 36.9 Å². The zero-order chi connectivity index (χ0) is 13.3. The summed E-state index contributed by atoms with van der Waals surface area (Å²) in [4.78, 5) is 7.18. The minimum Gasteiger partial charge on any atom is -0.308 e. The molecular formula is C16H25N3. The average molecular weight is 259 g/mol. The predicted molar refractivity (Wildman–Crippen MR) is 78.0 cm³/mol. The molecule has 19 heavy (non-hydrogen) atoms. The van der Waals surface area contributed by atoms with Gasteiger partial charge in [0.25, 0.3) is 0 Å². The van der Waals surface area contributed by atoms with Crippen molar-refractivity contribution >= 4 is 0 Å². The molecule has 1 aromatic heterocycles. The van der Waals surface area contributed by atoms with E-state index < -0.39 is 0 Å². The van der Waals surface area contributed by atoms with Crippen LogP contribution >= 0.6 is 0 Å². The molecule has 2 atom stereocenters. The van der Waals surface area contributed by atoms with E-state index in [-0.39, 0.29) is 0 Å². The Hall–Kier alpha value is -0.930. The minimum atomic E-state index is 0.384. The Balaban J connectivity index is 1.78. The van der Waals surface area contributed by atoms with Crippen molar-refractivity contribution in [3.63, 3.8) is 0 Å². The van der Waals surface area contributed by atoms with Gasteiger partial charge in [-0.15, -0.1) is 0 Å². The van der Waals surface area contributed by atoms with Crippen molar-refractivity contribution in [3.8, 4) is 0 Å². The van der Waals surface area contributed by atoms with Gasteiger partial charge in [0.2, 0.25) is 0 Å². The molecular weight excluding hydrogens is 234 g/mol. The van der Waals surface area contributed by atoms with E-state index in [1.807, 2.05) is 12.3 Å². The third kappa shape index (κ3) is 2.54. The first-order valence-electron chi connectivity index (χ1n) is 7.62. The first-order valence-corrected chi connectivity index (χ1v) is 7.62. The number of rotatable bonds is 2. The number of nitrogens with zero attached hydrogens (tertiary/aromatic N) is 2. The molecule has 0 radical (unpaired) electrons. The monoisotopic (exact) mass is 259 g/mol. The van der Waals surface area contributed by atoms with Gasteiger partial charge < -0.3 is 5.32 Å². The van der Waals surface area contributed by atoms with Crippen LogP contribution in [0.15, 0.2) is 24.4 Å². The van der Waals surface area contributed by atoms with E-state index in [4.69, 9.17) is 0 Å². The molecule has 3 nitrogen and oxygen atoms in total. The molecule has 0 aromatic carbocycles. The topological polar surface area (TPSA) is 28.2 Å². The number of hydrogen-bond donors (Lipinski definition) is 1. The third-order valence-electron chi connectivity index (χ3n) is 5.00. The number of hydrogen-bond acceptors (Lipinski definition) is 3. The second-order valence-electron chi connectivity index (χ2n) is 6.32. The Bertz CT molecular complexity index is 411. The van der Waals surface area contributed by atoms with E-state index in [1.54, 1.807) is 0 Å². The highest BCUT2D eigenvalue weighted by Gasteiger charge is 2.41. The van der Waals surface area contributed by atoms with Gasteiger partial charge in [0.05, 0.1) is 5.69 Å². The molecule has 2 heterocycles. The van der Waals surface area contributed by atoms with Crippen LogP contribution in [-0.4, -0.2) is 34.6 Å². The molecule has 2 unspecified atom stereocenters. The number of pyridine rings is 1. The van der Waals surface area contributed by atoms with Crippen LogP contribution in [-0.2, 0) is 0 Å². The summed E-state index contributed by atoms with van der Waals surface area (Å²) in [5.41, 5.74) is 1.58. The summed E-state index contributed by atoms with van der Waals surface area (Å²) in [6, 6.07) is 7.24. The number of piperazine rings is 1. The summed E-state index contributed by atoms with van der Waals surface area (Å²) in [7, 11) is 0. The normalized spacial score (nSPS) is 28.6. The second kappa shape index (κ2) is 5.22. The van der Waals surface area contributed by atoms with E-state index in [0.717, 1.165) is 6.54 Å². The lowest BCUT2D eigenvalue weighted by Gasteiger charge is -2.47. The maximum absolute atomic E-state index is 4.54. The fourth-order valence-corrected chi connectivity index (χ4v) is 3.74. The Labute approximate surface area is 116 Å². The molecule has 2 fully saturated rings. The molecule has 1 spiro atoms. The molecule has 1 saturated heterocycles. The Morgan fingerprint density at radius 1 is 1.37 bits per heavy atom. The summed E-state index contributed by atoms with van der Waals surface area (Å²) in [6.45, 7) is 6.91. The van der Waals surface area contributed by atoms with Gasteiger partial charge in [-0.1, -0.05) is 18.9 Å². The third-order valence-corrected chi connectivity index (χ3v) is 5.00.